The molecule has 1 N–H and O–H groups in total. The van der Waals surface area contributed by atoms with E-state index in [0.29, 0.717) is 23.4 Å². The van der Waals surface area contributed by atoms with Gasteiger partial charge >= 0.3 is 0 Å². The molecule has 0 aliphatic heterocycles. The highest BCUT2D eigenvalue weighted by atomic mass is 16.5. The summed E-state index contributed by atoms with van der Waals surface area (Å²) in [5.41, 5.74) is 4.02. The zero-order chi connectivity index (χ0) is 21.5. The Hall–Kier alpha value is -3.18. The van der Waals surface area contributed by atoms with E-state index in [1.165, 1.54) is 0 Å². The van der Waals surface area contributed by atoms with E-state index in [2.05, 4.69) is 23.3 Å². The summed E-state index contributed by atoms with van der Waals surface area (Å²) in [6, 6.07) is 19.0. The second-order valence-corrected chi connectivity index (χ2v) is 7.23. The minimum Gasteiger partial charge on any atom is -0.457 e. The van der Waals surface area contributed by atoms with Crippen LogP contribution < -0.4 is 10.1 Å². The smallest absolute Gasteiger partial charge is 0.257 e. The van der Waals surface area contributed by atoms with Gasteiger partial charge < -0.3 is 14.8 Å². The second kappa shape index (κ2) is 10.0. The Morgan fingerprint density at radius 2 is 1.80 bits per heavy atom. The molecule has 0 aliphatic rings. The van der Waals surface area contributed by atoms with Gasteiger partial charge in [-0.15, -0.1) is 0 Å². The van der Waals surface area contributed by atoms with Crippen LogP contribution in [0.25, 0.3) is 0 Å². The van der Waals surface area contributed by atoms with Gasteiger partial charge in [0.2, 0.25) is 0 Å². The molecule has 1 heterocycles. The van der Waals surface area contributed by atoms with Crippen LogP contribution >= 0.6 is 0 Å². The van der Waals surface area contributed by atoms with Crippen molar-refractivity contribution in [2.75, 3.05) is 12.4 Å². The highest BCUT2D eigenvalue weighted by molar-refractivity contribution is 6.05. The van der Waals surface area contributed by atoms with Gasteiger partial charge in [-0.1, -0.05) is 25.1 Å². The van der Waals surface area contributed by atoms with Gasteiger partial charge in [0.1, 0.15) is 11.5 Å². The molecular formula is C25H28N2O3. The Morgan fingerprint density at radius 1 is 1.07 bits per heavy atom. The normalized spacial score (nSPS) is 11.7. The number of hydrogen-bond donors (Lipinski definition) is 1. The molecule has 0 saturated carbocycles. The highest BCUT2D eigenvalue weighted by Gasteiger charge is 2.13. The molecule has 1 atom stereocenters. The van der Waals surface area contributed by atoms with E-state index in [1.54, 1.807) is 7.11 Å². The molecule has 1 aromatic heterocycles. The topological polar surface area (TPSA) is 60.5 Å². The molecule has 0 bridgehead atoms. The first-order valence-electron chi connectivity index (χ1n) is 10.2. The molecule has 30 heavy (non-hydrogen) atoms. The van der Waals surface area contributed by atoms with Crippen LogP contribution in [0.3, 0.4) is 0 Å². The number of aryl methyl sites for hydroxylation is 2. The van der Waals surface area contributed by atoms with Crippen LogP contribution in [0.2, 0.25) is 0 Å². The van der Waals surface area contributed by atoms with E-state index >= 15 is 0 Å². The van der Waals surface area contributed by atoms with Crippen LogP contribution in [0.4, 0.5) is 5.69 Å². The van der Waals surface area contributed by atoms with E-state index in [0.717, 1.165) is 29.2 Å². The van der Waals surface area contributed by atoms with Crippen molar-refractivity contribution in [3.8, 4) is 11.5 Å². The lowest BCUT2D eigenvalue weighted by molar-refractivity contribution is 0.102. The largest absolute Gasteiger partial charge is 0.457 e. The Balaban J connectivity index is 1.66. The first kappa shape index (κ1) is 21.5. The molecule has 5 heteroatoms. The lowest BCUT2D eigenvalue weighted by Gasteiger charge is -2.12. The maximum Gasteiger partial charge on any atom is 0.257 e. The molecule has 156 valence electrons. The van der Waals surface area contributed by atoms with Crippen LogP contribution in [0.1, 0.15) is 41.2 Å². The second-order valence-electron chi connectivity index (χ2n) is 7.23. The molecule has 2 aromatic carbocycles. The number of nitrogens with one attached hydrogen (secondary N) is 1. The average Bonchev–Trinajstić information content (AvgIpc) is 2.75. The summed E-state index contributed by atoms with van der Waals surface area (Å²) >= 11 is 0. The molecule has 0 aliphatic carbocycles. The van der Waals surface area contributed by atoms with E-state index in [9.17, 15) is 4.79 Å². The zero-order valence-corrected chi connectivity index (χ0v) is 17.9. The third-order valence-electron chi connectivity index (χ3n) is 4.98. The summed E-state index contributed by atoms with van der Waals surface area (Å²) in [6.07, 6.45) is 1.70. The lowest BCUT2D eigenvalue weighted by atomic mass is 10.1. The number of carbonyl (C=O) groups excluding carboxylic acids is 1. The fourth-order valence-corrected chi connectivity index (χ4v) is 3.17. The van der Waals surface area contributed by atoms with Crippen molar-refractivity contribution in [2.45, 2.75) is 39.7 Å². The predicted octanol–water partition coefficient (Wildman–Crippen LogP) is 5.57. The Bertz CT molecular complexity index is 1000. The number of ether oxygens (including phenoxy) is 2. The molecule has 0 fully saturated rings. The third-order valence-corrected chi connectivity index (χ3v) is 4.98. The Labute approximate surface area is 178 Å². The number of carbonyl (C=O) groups is 1. The van der Waals surface area contributed by atoms with Crippen molar-refractivity contribution < 1.29 is 14.3 Å². The number of aromatic nitrogens is 1. The number of nitrogens with zero attached hydrogens (tertiary/aromatic N) is 1. The van der Waals surface area contributed by atoms with Crippen LogP contribution in [0.15, 0.2) is 60.7 Å². The number of hydrogen-bond acceptors (Lipinski definition) is 4. The number of pyridine rings is 1. The molecule has 0 saturated heterocycles. The van der Waals surface area contributed by atoms with E-state index in [1.807, 2.05) is 68.4 Å². The number of rotatable bonds is 8. The van der Waals surface area contributed by atoms with Gasteiger partial charge in [0.25, 0.3) is 5.91 Å². The summed E-state index contributed by atoms with van der Waals surface area (Å²) in [4.78, 5) is 17.2. The summed E-state index contributed by atoms with van der Waals surface area (Å²) in [6.45, 7) is 5.94. The first-order chi connectivity index (χ1) is 14.5. The maximum atomic E-state index is 12.7. The average molecular weight is 405 g/mol. The number of amides is 1. The van der Waals surface area contributed by atoms with Gasteiger partial charge in [0.15, 0.2) is 0 Å². The van der Waals surface area contributed by atoms with E-state index in [4.69, 9.17) is 9.47 Å². The maximum absolute atomic E-state index is 12.7. The molecule has 3 aromatic rings. The summed E-state index contributed by atoms with van der Waals surface area (Å²) in [5, 5.41) is 2.92. The van der Waals surface area contributed by atoms with Crippen LogP contribution in [-0.4, -0.2) is 24.1 Å². The minimum atomic E-state index is -0.184. The highest BCUT2D eigenvalue weighted by Crippen LogP contribution is 2.26. The van der Waals surface area contributed by atoms with Gasteiger partial charge in [0, 0.05) is 24.9 Å². The number of anilines is 1. The van der Waals surface area contributed by atoms with Gasteiger partial charge in [-0.2, -0.15) is 0 Å². The third kappa shape index (κ3) is 5.45. The predicted molar refractivity (Wildman–Crippen MR) is 119 cm³/mol. The monoisotopic (exact) mass is 404 g/mol. The summed E-state index contributed by atoms with van der Waals surface area (Å²) < 4.78 is 11.3. The first-order valence-corrected chi connectivity index (χ1v) is 10.2. The number of para-hydroxylation sites is 1. The summed E-state index contributed by atoms with van der Waals surface area (Å²) in [7, 11) is 1.68. The van der Waals surface area contributed by atoms with Crippen LogP contribution in [0.5, 0.6) is 11.5 Å². The fourth-order valence-electron chi connectivity index (χ4n) is 3.17. The number of benzene rings is 2. The van der Waals surface area contributed by atoms with Gasteiger partial charge in [-0.3, -0.25) is 9.78 Å². The Kier molecular flexibility index (Phi) is 7.20. The van der Waals surface area contributed by atoms with Gasteiger partial charge in [-0.25, -0.2) is 0 Å². The molecular weight excluding hydrogens is 376 g/mol. The molecule has 3 rings (SSSR count). The zero-order valence-electron chi connectivity index (χ0n) is 17.9. The molecule has 0 radical (unpaired) electrons. The quantitative estimate of drug-likeness (QED) is 0.533. The van der Waals surface area contributed by atoms with Crippen LogP contribution in [-0.2, 0) is 17.6 Å². The van der Waals surface area contributed by atoms with E-state index < -0.39 is 0 Å². The van der Waals surface area contributed by atoms with Crippen molar-refractivity contribution in [1.29, 1.82) is 0 Å². The molecule has 5 nitrogen and oxygen atoms in total. The molecule has 0 spiro atoms. The van der Waals surface area contributed by atoms with E-state index in [-0.39, 0.29) is 12.0 Å². The van der Waals surface area contributed by atoms with Gasteiger partial charge in [0.05, 0.1) is 17.4 Å². The SMILES string of the molecule is CCc1ccccc1Oc1ccc(NC(=O)c2ccc(CC(C)OC)nc2C)cc1. The number of methoxy groups -OCH3 is 1. The van der Waals surface area contributed by atoms with Crippen molar-refractivity contribution in [1.82, 2.24) is 4.98 Å². The summed E-state index contributed by atoms with van der Waals surface area (Å²) in [5.74, 6) is 1.39. The Morgan fingerprint density at radius 3 is 2.47 bits per heavy atom. The molecule has 1 amide bonds. The standard InChI is InChI=1S/C25H28N2O3/c1-5-19-8-6-7-9-24(19)30-22-13-10-20(11-14-22)27-25(28)23-15-12-21(26-18(23)3)16-17(2)29-4/h6-15,17H,5,16H2,1-4H3,(H,27,28). The molecule has 1 unspecified atom stereocenters. The fraction of sp³-hybridized carbons (Fsp3) is 0.280. The van der Waals surface area contributed by atoms with Crippen molar-refractivity contribution in [3.05, 3.63) is 83.2 Å². The van der Waals surface area contributed by atoms with Crippen molar-refractivity contribution >= 4 is 11.6 Å². The van der Waals surface area contributed by atoms with Gasteiger partial charge in [-0.05, 0) is 68.3 Å². The van der Waals surface area contributed by atoms with Crippen molar-refractivity contribution in [2.24, 2.45) is 0 Å². The van der Waals surface area contributed by atoms with Crippen LogP contribution in [0, 0.1) is 6.92 Å². The lowest BCUT2D eigenvalue weighted by Crippen LogP contribution is -2.16. The van der Waals surface area contributed by atoms with Crippen molar-refractivity contribution in [3.63, 3.8) is 0 Å². The minimum absolute atomic E-state index is 0.0848.